The minimum Gasteiger partial charge on any atom is -0.346 e. The Morgan fingerprint density at radius 2 is 1.26 bits per heavy atom. The number of amidine groups is 1. The van der Waals surface area contributed by atoms with Crippen molar-refractivity contribution in [3.8, 4) is 27.9 Å². The van der Waals surface area contributed by atoms with E-state index in [9.17, 15) is 0 Å². The standard InChI is InChI=1S/C34H25BrN4/c1-38-21-36-34(37-22-38)24-16-18-30-29-17-15-23(19-32(29)39(33(30)20-24)25-9-3-2-4-10-25)26-11-5-6-12-27(26)28-13-7-8-14-31(28)35/h2-21H,22H2,1H3. The SMILES string of the molecule is CN1C=NC(c2ccc3c4ccc(-c5ccccc5-c5ccccc5Br)cc4n(-c4ccccc4)c3c2)=NC1. The van der Waals surface area contributed by atoms with Crippen molar-refractivity contribution in [2.45, 2.75) is 0 Å². The molecule has 0 bridgehead atoms. The number of benzene rings is 5. The zero-order valence-electron chi connectivity index (χ0n) is 21.4. The van der Waals surface area contributed by atoms with Gasteiger partial charge < -0.3 is 9.47 Å². The second-order valence-corrected chi connectivity index (χ2v) is 10.6. The van der Waals surface area contributed by atoms with Crippen LogP contribution in [0.1, 0.15) is 5.56 Å². The fourth-order valence-electron chi connectivity index (χ4n) is 5.40. The minimum absolute atomic E-state index is 0.610. The lowest BCUT2D eigenvalue weighted by atomic mass is 9.94. The van der Waals surface area contributed by atoms with Gasteiger partial charge in [0, 0.05) is 33.5 Å². The highest BCUT2D eigenvalue weighted by Gasteiger charge is 2.17. The topological polar surface area (TPSA) is 32.9 Å². The van der Waals surface area contributed by atoms with Crippen LogP contribution in [0.15, 0.2) is 130 Å². The predicted octanol–water partition coefficient (Wildman–Crippen LogP) is 8.56. The van der Waals surface area contributed by atoms with Gasteiger partial charge in [0.25, 0.3) is 0 Å². The summed E-state index contributed by atoms with van der Waals surface area (Å²) in [7, 11) is 1.98. The maximum atomic E-state index is 4.67. The number of halogens is 1. The molecule has 0 amide bonds. The average Bonchev–Trinajstić information content (AvgIpc) is 3.31. The molecule has 0 radical (unpaired) electrons. The first kappa shape index (κ1) is 23.6. The van der Waals surface area contributed by atoms with Crippen molar-refractivity contribution in [2.75, 3.05) is 13.7 Å². The Bertz CT molecular complexity index is 1920. The largest absolute Gasteiger partial charge is 0.346 e. The maximum absolute atomic E-state index is 4.67. The zero-order chi connectivity index (χ0) is 26.3. The Hall–Kier alpha value is -4.48. The third-order valence-electron chi connectivity index (χ3n) is 7.26. The molecule has 6 aromatic rings. The molecule has 0 saturated heterocycles. The first-order valence-electron chi connectivity index (χ1n) is 12.9. The molecule has 0 saturated carbocycles. The molecule has 0 fully saturated rings. The van der Waals surface area contributed by atoms with Gasteiger partial charge in [-0.1, -0.05) is 101 Å². The molecule has 0 atom stereocenters. The molecule has 0 N–H and O–H groups in total. The fraction of sp³-hybridized carbons (Fsp3) is 0.0588. The highest BCUT2D eigenvalue weighted by Crippen LogP contribution is 2.39. The van der Waals surface area contributed by atoms with E-state index >= 15 is 0 Å². The van der Waals surface area contributed by atoms with Gasteiger partial charge in [-0.05, 0) is 52.6 Å². The molecule has 7 rings (SSSR count). The van der Waals surface area contributed by atoms with Gasteiger partial charge >= 0.3 is 0 Å². The van der Waals surface area contributed by atoms with Crippen LogP contribution in [0, 0.1) is 0 Å². The van der Waals surface area contributed by atoms with Crippen LogP contribution < -0.4 is 0 Å². The van der Waals surface area contributed by atoms with Gasteiger partial charge in [0.1, 0.15) is 6.67 Å². The minimum atomic E-state index is 0.610. The van der Waals surface area contributed by atoms with Crippen LogP contribution in [0.5, 0.6) is 0 Å². The van der Waals surface area contributed by atoms with E-state index in [2.05, 4.69) is 146 Å². The highest BCUT2D eigenvalue weighted by molar-refractivity contribution is 9.10. The number of aromatic nitrogens is 1. The number of rotatable bonds is 4. The van der Waals surface area contributed by atoms with Gasteiger partial charge in [-0.15, -0.1) is 0 Å². The molecule has 1 aromatic heterocycles. The number of hydrogen-bond donors (Lipinski definition) is 0. The van der Waals surface area contributed by atoms with E-state index in [0.29, 0.717) is 6.67 Å². The van der Waals surface area contributed by atoms with Gasteiger partial charge in [-0.2, -0.15) is 0 Å². The van der Waals surface area contributed by atoms with E-state index in [1.54, 1.807) is 0 Å². The lowest BCUT2D eigenvalue weighted by molar-refractivity contribution is 0.532. The van der Waals surface area contributed by atoms with Crippen LogP contribution in [-0.4, -0.2) is 35.4 Å². The summed E-state index contributed by atoms with van der Waals surface area (Å²) in [4.78, 5) is 11.2. The summed E-state index contributed by atoms with van der Waals surface area (Å²) >= 11 is 3.76. The van der Waals surface area contributed by atoms with Crippen LogP contribution in [0.3, 0.4) is 0 Å². The summed E-state index contributed by atoms with van der Waals surface area (Å²) in [6.07, 6.45) is 1.84. The average molecular weight is 570 g/mol. The van der Waals surface area contributed by atoms with E-state index in [0.717, 1.165) is 27.1 Å². The maximum Gasteiger partial charge on any atom is 0.158 e. The Kier molecular flexibility index (Phi) is 5.86. The third-order valence-corrected chi connectivity index (χ3v) is 7.95. The molecule has 0 unspecified atom stereocenters. The Labute approximate surface area is 235 Å². The lowest BCUT2D eigenvalue weighted by Crippen LogP contribution is -2.22. The quantitative estimate of drug-likeness (QED) is 0.209. The van der Waals surface area contributed by atoms with Crippen LogP contribution in [-0.2, 0) is 0 Å². The number of aliphatic imine (C=N–C) groups is 2. The fourth-order valence-corrected chi connectivity index (χ4v) is 5.90. The van der Waals surface area contributed by atoms with Crippen molar-refractivity contribution in [2.24, 2.45) is 9.98 Å². The molecular weight excluding hydrogens is 544 g/mol. The van der Waals surface area contributed by atoms with Crippen molar-refractivity contribution in [3.63, 3.8) is 0 Å². The Morgan fingerprint density at radius 3 is 1.95 bits per heavy atom. The van der Waals surface area contributed by atoms with Crippen LogP contribution in [0.25, 0.3) is 49.7 Å². The monoisotopic (exact) mass is 568 g/mol. The van der Waals surface area contributed by atoms with Gasteiger partial charge in [0.15, 0.2) is 5.84 Å². The molecule has 0 aliphatic carbocycles. The number of fused-ring (bicyclic) bond motifs is 3. The smallest absolute Gasteiger partial charge is 0.158 e. The molecule has 5 heteroatoms. The molecule has 4 nitrogen and oxygen atoms in total. The third kappa shape index (κ3) is 4.16. The first-order valence-corrected chi connectivity index (χ1v) is 13.7. The summed E-state index contributed by atoms with van der Waals surface area (Å²) in [6.45, 7) is 0.610. The lowest BCUT2D eigenvalue weighted by Gasteiger charge is -2.15. The number of nitrogens with zero attached hydrogens (tertiary/aromatic N) is 4. The Morgan fingerprint density at radius 1 is 0.641 bits per heavy atom. The summed E-state index contributed by atoms with van der Waals surface area (Å²) in [6, 6.07) is 41.0. The van der Waals surface area contributed by atoms with Crippen molar-refractivity contribution < 1.29 is 0 Å². The van der Waals surface area contributed by atoms with E-state index in [-0.39, 0.29) is 0 Å². The second kappa shape index (κ2) is 9.68. The number of para-hydroxylation sites is 1. The molecule has 39 heavy (non-hydrogen) atoms. The van der Waals surface area contributed by atoms with E-state index in [1.807, 2.05) is 18.3 Å². The van der Waals surface area contributed by atoms with Gasteiger partial charge in [0.05, 0.1) is 17.4 Å². The summed E-state index contributed by atoms with van der Waals surface area (Å²) < 4.78 is 3.45. The van der Waals surface area contributed by atoms with Gasteiger partial charge in [-0.25, -0.2) is 9.98 Å². The molecule has 5 aromatic carbocycles. The van der Waals surface area contributed by atoms with Crippen LogP contribution in [0.2, 0.25) is 0 Å². The number of hydrogen-bond acceptors (Lipinski definition) is 3. The van der Waals surface area contributed by atoms with Gasteiger partial charge in [-0.3, -0.25) is 0 Å². The van der Waals surface area contributed by atoms with Crippen molar-refractivity contribution in [1.82, 2.24) is 9.47 Å². The molecule has 1 aliphatic heterocycles. The summed E-state index contributed by atoms with van der Waals surface area (Å²) in [5, 5.41) is 2.43. The van der Waals surface area contributed by atoms with Crippen molar-refractivity contribution in [3.05, 3.63) is 125 Å². The van der Waals surface area contributed by atoms with E-state index in [1.165, 1.54) is 38.5 Å². The summed E-state index contributed by atoms with van der Waals surface area (Å²) in [5.41, 5.74) is 9.22. The molecule has 1 aliphatic rings. The molecule has 188 valence electrons. The van der Waals surface area contributed by atoms with Crippen LogP contribution >= 0.6 is 15.9 Å². The Balaban J connectivity index is 1.47. The van der Waals surface area contributed by atoms with Crippen molar-refractivity contribution in [1.29, 1.82) is 0 Å². The predicted molar refractivity (Wildman–Crippen MR) is 167 cm³/mol. The molecule has 2 heterocycles. The molecule has 0 spiro atoms. The van der Waals surface area contributed by atoms with Gasteiger partial charge in [0.2, 0.25) is 0 Å². The second-order valence-electron chi connectivity index (χ2n) is 9.78. The van der Waals surface area contributed by atoms with E-state index in [4.69, 9.17) is 0 Å². The van der Waals surface area contributed by atoms with E-state index < -0.39 is 0 Å². The first-order chi connectivity index (χ1) is 19.2. The normalized spacial score (nSPS) is 13.3. The van der Waals surface area contributed by atoms with Crippen LogP contribution in [0.4, 0.5) is 0 Å². The highest BCUT2D eigenvalue weighted by atomic mass is 79.9. The zero-order valence-corrected chi connectivity index (χ0v) is 23.0. The van der Waals surface area contributed by atoms with Crippen molar-refractivity contribution >= 4 is 49.9 Å². The summed E-state index contributed by atoms with van der Waals surface area (Å²) in [5.74, 6) is 0.767. The molecular formula is C34H25BrN4.